The molecule has 29 heavy (non-hydrogen) atoms. The van der Waals surface area contributed by atoms with Gasteiger partial charge in [0.15, 0.2) is 5.65 Å². The quantitative estimate of drug-likeness (QED) is 0.512. The van der Waals surface area contributed by atoms with Crippen molar-refractivity contribution in [3.8, 4) is 16.9 Å². The standard InChI is InChI=1S/C20H22ClN7O/c1-5-29-18-14(6-15(21)10(2)16(18)13-7-25-26-8-13)12(4)28-20-17(11(3)27-28)19(22)23-9-24-20/h6-9,12H,5H2,1-4H3,(H,25,26)(H2,22,23,24). The molecule has 3 aromatic heterocycles. The number of rotatable bonds is 5. The van der Waals surface area contributed by atoms with Gasteiger partial charge in [-0.05, 0) is 39.3 Å². The number of nitrogen functional groups attached to an aromatic ring is 1. The number of aromatic nitrogens is 6. The van der Waals surface area contributed by atoms with Gasteiger partial charge >= 0.3 is 0 Å². The second-order valence-corrected chi connectivity index (χ2v) is 7.27. The van der Waals surface area contributed by atoms with Crippen LogP contribution in [0.3, 0.4) is 0 Å². The lowest BCUT2D eigenvalue weighted by Gasteiger charge is -2.22. The van der Waals surface area contributed by atoms with Crippen LogP contribution in [0.2, 0.25) is 5.02 Å². The number of nitrogens with zero attached hydrogens (tertiary/aromatic N) is 5. The molecular formula is C20H22ClN7O. The normalized spacial score (nSPS) is 12.4. The highest BCUT2D eigenvalue weighted by molar-refractivity contribution is 6.32. The molecule has 9 heteroatoms. The van der Waals surface area contributed by atoms with Crippen molar-refractivity contribution in [3.63, 3.8) is 0 Å². The van der Waals surface area contributed by atoms with Gasteiger partial charge < -0.3 is 10.5 Å². The lowest BCUT2D eigenvalue weighted by molar-refractivity contribution is 0.333. The number of hydrogen-bond acceptors (Lipinski definition) is 6. The summed E-state index contributed by atoms with van der Waals surface area (Å²) >= 11 is 6.63. The summed E-state index contributed by atoms with van der Waals surface area (Å²) in [5, 5.41) is 13.0. The first-order valence-electron chi connectivity index (χ1n) is 9.34. The summed E-state index contributed by atoms with van der Waals surface area (Å²) in [6, 6.07) is 1.73. The zero-order valence-corrected chi connectivity index (χ0v) is 17.4. The Labute approximate surface area is 173 Å². The van der Waals surface area contributed by atoms with E-state index in [4.69, 9.17) is 22.1 Å². The number of aromatic amines is 1. The third-order valence-corrected chi connectivity index (χ3v) is 5.48. The molecule has 0 radical (unpaired) electrons. The van der Waals surface area contributed by atoms with Gasteiger partial charge in [-0.3, -0.25) is 5.10 Å². The summed E-state index contributed by atoms with van der Waals surface area (Å²) < 4.78 is 7.95. The number of ether oxygens (including phenoxy) is 1. The summed E-state index contributed by atoms with van der Waals surface area (Å²) in [4.78, 5) is 8.51. The van der Waals surface area contributed by atoms with Gasteiger partial charge in [-0.15, -0.1) is 0 Å². The van der Waals surface area contributed by atoms with Crippen molar-refractivity contribution in [1.82, 2.24) is 29.9 Å². The molecule has 150 valence electrons. The molecule has 4 rings (SSSR count). The van der Waals surface area contributed by atoms with Gasteiger partial charge in [-0.2, -0.15) is 10.2 Å². The molecule has 0 aliphatic heterocycles. The third kappa shape index (κ3) is 3.09. The van der Waals surface area contributed by atoms with E-state index in [9.17, 15) is 0 Å². The second-order valence-electron chi connectivity index (χ2n) is 6.86. The van der Waals surface area contributed by atoms with Gasteiger partial charge in [0.2, 0.25) is 0 Å². The molecule has 0 aliphatic rings. The number of nitrogens with two attached hydrogens (primary N) is 1. The summed E-state index contributed by atoms with van der Waals surface area (Å²) in [6.07, 6.45) is 5.04. The zero-order valence-electron chi connectivity index (χ0n) is 16.7. The number of hydrogen-bond donors (Lipinski definition) is 2. The SMILES string of the molecule is CCOc1c(C(C)n2nc(C)c3c(N)ncnc32)cc(Cl)c(C)c1-c1cn[nH]c1. The van der Waals surface area contributed by atoms with Crippen LogP contribution in [0.5, 0.6) is 5.75 Å². The van der Waals surface area contributed by atoms with Crippen molar-refractivity contribution in [2.24, 2.45) is 0 Å². The van der Waals surface area contributed by atoms with Gasteiger partial charge in [0.05, 0.1) is 29.9 Å². The number of aryl methyl sites for hydroxylation is 1. The van der Waals surface area contributed by atoms with E-state index in [1.807, 2.05) is 44.6 Å². The Kier molecular flexibility index (Phi) is 4.87. The van der Waals surface area contributed by atoms with E-state index in [2.05, 4.69) is 25.3 Å². The van der Waals surface area contributed by atoms with Crippen LogP contribution in [0.15, 0.2) is 24.8 Å². The first kappa shape index (κ1) is 19.2. The first-order chi connectivity index (χ1) is 13.9. The van der Waals surface area contributed by atoms with Crippen molar-refractivity contribution in [1.29, 1.82) is 0 Å². The van der Waals surface area contributed by atoms with E-state index in [1.165, 1.54) is 6.33 Å². The van der Waals surface area contributed by atoms with Crippen molar-refractivity contribution in [3.05, 3.63) is 46.6 Å². The maximum atomic E-state index is 6.63. The zero-order chi connectivity index (χ0) is 20.7. The van der Waals surface area contributed by atoms with Crippen LogP contribution in [0.25, 0.3) is 22.2 Å². The number of halogens is 1. The lowest BCUT2D eigenvalue weighted by atomic mass is 9.95. The smallest absolute Gasteiger partial charge is 0.164 e. The molecule has 0 saturated carbocycles. The maximum Gasteiger partial charge on any atom is 0.164 e. The molecule has 1 unspecified atom stereocenters. The van der Waals surface area contributed by atoms with E-state index in [1.54, 1.807) is 6.20 Å². The minimum Gasteiger partial charge on any atom is -0.493 e. The molecule has 0 aliphatic carbocycles. The summed E-state index contributed by atoms with van der Waals surface area (Å²) in [5.41, 5.74) is 11.2. The molecule has 0 fully saturated rings. The third-order valence-electron chi connectivity index (χ3n) is 5.09. The topological polar surface area (TPSA) is 108 Å². The summed E-state index contributed by atoms with van der Waals surface area (Å²) in [6.45, 7) is 8.38. The van der Waals surface area contributed by atoms with Crippen LogP contribution in [-0.2, 0) is 0 Å². The summed E-state index contributed by atoms with van der Waals surface area (Å²) in [7, 11) is 0. The van der Waals surface area contributed by atoms with Gasteiger partial charge in [0.1, 0.15) is 17.9 Å². The number of nitrogens with one attached hydrogen (secondary N) is 1. The monoisotopic (exact) mass is 411 g/mol. The van der Waals surface area contributed by atoms with Crippen LogP contribution in [0, 0.1) is 13.8 Å². The predicted molar refractivity (Wildman–Crippen MR) is 113 cm³/mol. The Balaban J connectivity index is 1.97. The molecule has 0 bridgehead atoms. The van der Waals surface area contributed by atoms with E-state index in [0.717, 1.165) is 39.1 Å². The summed E-state index contributed by atoms with van der Waals surface area (Å²) in [5.74, 6) is 1.17. The van der Waals surface area contributed by atoms with Crippen LogP contribution in [-0.4, -0.2) is 36.6 Å². The molecule has 0 spiro atoms. The Hall–Kier alpha value is -3.13. The Bertz CT molecular complexity index is 1180. The molecule has 8 nitrogen and oxygen atoms in total. The molecule has 3 N–H and O–H groups in total. The Morgan fingerprint density at radius 1 is 1.31 bits per heavy atom. The molecule has 0 amide bonds. The first-order valence-corrected chi connectivity index (χ1v) is 9.72. The second kappa shape index (κ2) is 7.36. The average Bonchev–Trinajstić information content (AvgIpc) is 3.33. The van der Waals surface area contributed by atoms with Crippen LogP contribution in [0.1, 0.15) is 36.7 Å². The Morgan fingerprint density at radius 3 is 2.79 bits per heavy atom. The average molecular weight is 412 g/mol. The fourth-order valence-corrected chi connectivity index (χ4v) is 3.87. The number of benzene rings is 1. The number of H-pyrrole nitrogens is 1. The van der Waals surface area contributed by atoms with Crippen LogP contribution < -0.4 is 10.5 Å². The minimum absolute atomic E-state index is 0.203. The van der Waals surface area contributed by atoms with Crippen molar-refractivity contribution < 1.29 is 4.74 Å². The number of anilines is 1. The highest BCUT2D eigenvalue weighted by atomic mass is 35.5. The van der Waals surface area contributed by atoms with E-state index in [-0.39, 0.29) is 6.04 Å². The number of fused-ring (bicyclic) bond motifs is 1. The molecule has 3 heterocycles. The van der Waals surface area contributed by atoms with E-state index < -0.39 is 0 Å². The molecule has 1 atom stereocenters. The van der Waals surface area contributed by atoms with E-state index in [0.29, 0.717) is 23.1 Å². The highest BCUT2D eigenvalue weighted by Gasteiger charge is 2.25. The van der Waals surface area contributed by atoms with Crippen LogP contribution >= 0.6 is 11.6 Å². The van der Waals surface area contributed by atoms with Crippen molar-refractivity contribution >= 4 is 28.5 Å². The van der Waals surface area contributed by atoms with Crippen LogP contribution in [0.4, 0.5) is 5.82 Å². The largest absolute Gasteiger partial charge is 0.493 e. The fraction of sp³-hybridized carbons (Fsp3) is 0.300. The molecule has 0 saturated heterocycles. The van der Waals surface area contributed by atoms with E-state index >= 15 is 0 Å². The van der Waals surface area contributed by atoms with Gasteiger partial charge in [0, 0.05) is 27.9 Å². The molecular weight excluding hydrogens is 390 g/mol. The molecule has 1 aromatic carbocycles. The van der Waals surface area contributed by atoms with Gasteiger partial charge in [-0.1, -0.05) is 11.6 Å². The maximum absolute atomic E-state index is 6.63. The lowest BCUT2D eigenvalue weighted by Crippen LogP contribution is -2.13. The Morgan fingerprint density at radius 2 is 2.10 bits per heavy atom. The van der Waals surface area contributed by atoms with Crippen molar-refractivity contribution in [2.75, 3.05) is 12.3 Å². The predicted octanol–water partition coefficient (Wildman–Crippen LogP) is 4.08. The molecule has 4 aromatic rings. The van der Waals surface area contributed by atoms with Crippen molar-refractivity contribution in [2.45, 2.75) is 33.7 Å². The minimum atomic E-state index is -0.203. The fourth-order valence-electron chi connectivity index (χ4n) is 3.66. The highest BCUT2D eigenvalue weighted by Crippen LogP contribution is 2.43. The van der Waals surface area contributed by atoms with Gasteiger partial charge in [0.25, 0.3) is 0 Å². The van der Waals surface area contributed by atoms with Gasteiger partial charge in [-0.25, -0.2) is 14.6 Å².